The molecular weight excluding hydrogens is 454 g/mol. The lowest BCUT2D eigenvalue weighted by Crippen LogP contribution is -1.98. The van der Waals surface area contributed by atoms with Gasteiger partial charge in [-0.2, -0.15) is 0 Å². The summed E-state index contributed by atoms with van der Waals surface area (Å²) in [7, 11) is 0. The number of hydrogen-bond donors (Lipinski definition) is 0. The van der Waals surface area contributed by atoms with E-state index in [2.05, 4.69) is 15.9 Å². The number of aromatic nitrogens is 1. The first-order valence-electron chi connectivity index (χ1n) is 13.7. The fraction of sp³-hybridized carbons (Fsp3) is 0. The highest BCUT2D eigenvalue weighted by atomic mass is 79.9. The fourth-order valence-corrected chi connectivity index (χ4v) is 4.42. The molecule has 0 fully saturated rings. The summed E-state index contributed by atoms with van der Waals surface area (Å²) < 4.78 is 62.3. The molecule has 0 N–H and O–H groups in total. The predicted molar refractivity (Wildman–Crippen MR) is 139 cm³/mol. The van der Waals surface area contributed by atoms with Crippen molar-refractivity contribution in [3.63, 3.8) is 0 Å². The number of nitrogens with zero attached hydrogens (tertiary/aromatic N) is 1. The molecule has 0 saturated carbocycles. The van der Waals surface area contributed by atoms with Crippen molar-refractivity contribution in [2.75, 3.05) is 0 Å². The largest absolute Gasteiger partial charge is 0.309 e. The molecule has 1 aromatic heterocycles. The second-order valence-corrected chi connectivity index (χ2v) is 8.23. The molecule has 32 heavy (non-hydrogen) atoms. The summed E-state index contributed by atoms with van der Waals surface area (Å²) in [5, 5.41) is 0.359. The molecule has 1 heterocycles. The minimum Gasteiger partial charge on any atom is -0.309 e. The van der Waals surface area contributed by atoms with Crippen molar-refractivity contribution in [3.05, 3.63) is 126 Å². The quantitative estimate of drug-likeness (QED) is 0.238. The number of fused-ring (bicyclic) bond motifs is 3. The molecule has 6 rings (SSSR count). The second-order valence-electron chi connectivity index (χ2n) is 7.44. The third-order valence-electron chi connectivity index (χ3n) is 5.56. The van der Waals surface area contributed by atoms with E-state index in [0.29, 0.717) is 5.69 Å². The molecule has 1 nitrogen and oxygen atoms in total. The summed E-state index contributed by atoms with van der Waals surface area (Å²) in [5.41, 5.74) is 4.57. The molecule has 5 aromatic carbocycles. The van der Waals surface area contributed by atoms with Gasteiger partial charge in [-0.3, -0.25) is 0 Å². The Hall–Kier alpha value is -3.62. The molecular formula is C30H20BrN. The average Bonchev–Trinajstić information content (AvgIpc) is 3.33. The first kappa shape index (κ1) is 13.0. The van der Waals surface area contributed by atoms with E-state index >= 15 is 0 Å². The van der Waals surface area contributed by atoms with Crippen molar-refractivity contribution in [2.45, 2.75) is 0 Å². The SMILES string of the molecule is [2H]c1c([2H])c([2H])c2c(c1[2H])c1c([2H])c(Br)c([2H])c([2H])c1n2-c1ccc(-c2ccccc2)cc1-c1ccccc1. The molecule has 152 valence electrons. The highest BCUT2D eigenvalue weighted by Crippen LogP contribution is 2.38. The van der Waals surface area contributed by atoms with Crippen molar-refractivity contribution in [1.29, 1.82) is 0 Å². The van der Waals surface area contributed by atoms with Gasteiger partial charge in [0.2, 0.25) is 0 Å². The Bertz CT molecular complexity index is 1860. The van der Waals surface area contributed by atoms with E-state index in [9.17, 15) is 0 Å². The van der Waals surface area contributed by atoms with Gasteiger partial charge >= 0.3 is 0 Å². The maximum Gasteiger partial charge on any atom is 0.0646 e. The first-order valence-corrected chi connectivity index (χ1v) is 11.0. The lowest BCUT2D eigenvalue weighted by Gasteiger charge is -2.16. The number of rotatable bonds is 3. The van der Waals surface area contributed by atoms with Crippen LogP contribution in [0.1, 0.15) is 9.60 Å². The molecule has 6 aromatic rings. The van der Waals surface area contributed by atoms with Gasteiger partial charge in [0.1, 0.15) is 0 Å². The molecule has 0 aliphatic heterocycles. The Labute approximate surface area is 205 Å². The molecule has 0 saturated heterocycles. The van der Waals surface area contributed by atoms with Crippen molar-refractivity contribution in [2.24, 2.45) is 0 Å². The minimum absolute atomic E-state index is 0.0954. The van der Waals surface area contributed by atoms with E-state index in [-0.39, 0.29) is 56.5 Å². The molecule has 0 aliphatic carbocycles. The van der Waals surface area contributed by atoms with E-state index < -0.39 is 12.1 Å². The smallest absolute Gasteiger partial charge is 0.0646 e. The van der Waals surface area contributed by atoms with Crippen LogP contribution >= 0.6 is 15.9 Å². The minimum atomic E-state index is -0.411. The van der Waals surface area contributed by atoms with E-state index in [1.807, 2.05) is 78.9 Å². The lowest BCUT2D eigenvalue weighted by atomic mass is 9.97. The number of para-hydroxylation sites is 1. The third-order valence-corrected chi connectivity index (χ3v) is 5.95. The topological polar surface area (TPSA) is 4.93 Å². The Balaban J connectivity index is 1.85. The second kappa shape index (κ2) is 7.81. The van der Waals surface area contributed by atoms with Crippen LogP contribution in [0, 0.1) is 0 Å². The summed E-state index contributed by atoms with van der Waals surface area (Å²) in [6.45, 7) is 0. The summed E-state index contributed by atoms with van der Waals surface area (Å²) >= 11 is 3.27. The standard InChI is InChI=1S/C30H20BrN/c31-24-16-18-30-27(20-24)25-13-7-8-14-28(25)32(30)29-17-15-23(21-9-3-1-4-10-21)19-26(29)22-11-5-2-6-12-22/h1-20H/i7D,8D,13D,14D,16D,18D,20D. The van der Waals surface area contributed by atoms with Crippen LogP contribution in [0.4, 0.5) is 0 Å². The highest BCUT2D eigenvalue weighted by Gasteiger charge is 2.16. The lowest BCUT2D eigenvalue weighted by molar-refractivity contribution is 1.18. The van der Waals surface area contributed by atoms with E-state index in [1.54, 1.807) is 4.57 Å². The Morgan fingerprint density at radius 1 is 0.625 bits per heavy atom. The predicted octanol–water partition coefficient (Wildman–Crippen LogP) is 8.88. The number of hydrogen-bond acceptors (Lipinski definition) is 0. The molecule has 0 spiro atoms. The van der Waals surface area contributed by atoms with Gasteiger partial charge in [-0.15, -0.1) is 0 Å². The normalized spacial score (nSPS) is 14.3. The Morgan fingerprint density at radius 3 is 2.09 bits per heavy atom. The maximum atomic E-state index is 8.91. The molecule has 0 bridgehead atoms. The van der Waals surface area contributed by atoms with Crippen LogP contribution in [0.2, 0.25) is 0 Å². The Kier molecular flexibility index (Phi) is 3.19. The zero-order chi connectivity index (χ0) is 27.6. The van der Waals surface area contributed by atoms with Crippen molar-refractivity contribution < 1.29 is 9.60 Å². The van der Waals surface area contributed by atoms with E-state index in [1.165, 1.54) is 0 Å². The molecule has 2 heteroatoms. The summed E-state index contributed by atoms with van der Waals surface area (Å²) in [4.78, 5) is 0. The molecule has 0 aliphatic rings. The summed E-state index contributed by atoms with van der Waals surface area (Å²) in [6.07, 6.45) is 0. The highest BCUT2D eigenvalue weighted by molar-refractivity contribution is 9.10. The fourth-order valence-electron chi connectivity index (χ4n) is 4.12. The van der Waals surface area contributed by atoms with Crippen molar-refractivity contribution in [3.8, 4) is 27.9 Å². The van der Waals surface area contributed by atoms with Gasteiger partial charge in [-0.25, -0.2) is 0 Å². The van der Waals surface area contributed by atoms with Gasteiger partial charge in [0.15, 0.2) is 0 Å². The van der Waals surface area contributed by atoms with Gasteiger partial charge in [0, 0.05) is 20.8 Å². The number of halogens is 1. The summed E-state index contributed by atoms with van der Waals surface area (Å²) in [5.74, 6) is 0. The Morgan fingerprint density at radius 2 is 1.31 bits per heavy atom. The van der Waals surface area contributed by atoms with Crippen LogP contribution in [0.25, 0.3) is 49.7 Å². The molecule has 0 radical (unpaired) electrons. The van der Waals surface area contributed by atoms with E-state index in [4.69, 9.17) is 9.60 Å². The zero-order valence-corrected chi connectivity index (χ0v) is 18.4. The van der Waals surface area contributed by atoms with Crippen LogP contribution in [0.15, 0.2) is 126 Å². The summed E-state index contributed by atoms with van der Waals surface area (Å²) in [6, 6.07) is 23.6. The zero-order valence-electron chi connectivity index (χ0n) is 23.8. The first-order chi connectivity index (χ1) is 18.7. The van der Waals surface area contributed by atoms with Crippen LogP contribution in [-0.2, 0) is 0 Å². The van der Waals surface area contributed by atoms with Crippen LogP contribution in [-0.4, -0.2) is 4.57 Å². The maximum absolute atomic E-state index is 8.91. The van der Waals surface area contributed by atoms with Crippen LogP contribution in [0.5, 0.6) is 0 Å². The average molecular weight is 481 g/mol. The van der Waals surface area contributed by atoms with Gasteiger partial charge in [0.25, 0.3) is 0 Å². The van der Waals surface area contributed by atoms with Crippen LogP contribution in [0.3, 0.4) is 0 Å². The molecule has 0 amide bonds. The molecule has 0 unspecified atom stereocenters. The molecule has 0 atom stereocenters. The van der Waals surface area contributed by atoms with Gasteiger partial charge in [-0.1, -0.05) is 101 Å². The monoisotopic (exact) mass is 480 g/mol. The van der Waals surface area contributed by atoms with Gasteiger partial charge in [-0.05, 0) is 53.0 Å². The van der Waals surface area contributed by atoms with Crippen molar-refractivity contribution >= 4 is 37.7 Å². The van der Waals surface area contributed by atoms with Crippen molar-refractivity contribution in [1.82, 2.24) is 4.57 Å². The van der Waals surface area contributed by atoms with Crippen LogP contribution < -0.4 is 0 Å². The number of benzene rings is 5. The third kappa shape index (κ3) is 3.16. The van der Waals surface area contributed by atoms with Gasteiger partial charge < -0.3 is 4.57 Å². The van der Waals surface area contributed by atoms with E-state index in [0.717, 1.165) is 22.3 Å². The van der Waals surface area contributed by atoms with Gasteiger partial charge in [0.05, 0.1) is 26.3 Å².